The van der Waals surface area contributed by atoms with Crippen LogP contribution in [0.25, 0.3) is 0 Å². The molecule has 2 aliphatic rings. The SMILES string of the molecule is CC[C@@H](Nc1cc(C(F)F)c(C(=S)C(/N=C(\C)C(=O)N[C@@H]2COC[C@H]2O)C(=O)N2CCC[C@@H]2C)cn1)C(F)(F)F. The van der Waals surface area contributed by atoms with Gasteiger partial charge < -0.3 is 25.4 Å². The predicted molar refractivity (Wildman–Crippen MR) is 141 cm³/mol. The fraction of sp³-hybridized carbons (Fsp3) is 0.640. The van der Waals surface area contributed by atoms with E-state index in [0.717, 1.165) is 12.3 Å². The molecule has 2 aliphatic heterocycles. The van der Waals surface area contributed by atoms with Crippen LogP contribution in [0.4, 0.5) is 27.8 Å². The van der Waals surface area contributed by atoms with E-state index in [1.165, 1.54) is 18.7 Å². The van der Waals surface area contributed by atoms with Gasteiger partial charge in [0.05, 0.1) is 35.9 Å². The Kier molecular flexibility index (Phi) is 10.5. The molecule has 1 aromatic heterocycles. The van der Waals surface area contributed by atoms with E-state index in [2.05, 4.69) is 20.6 Å². The van der Waals surface area contributed by atoms with Gasteiger partial charge in [0.25, 0.3) is 18.2 Å². The number of anilines is 1. The first kappa shape index (κ1) is 31.7. The molecule has 3 heterocycles. The zero-order valence-corrected chi connectivity index (χ0v) is 23.0. The lowest BCUT2D eigenvalue weighted by Crippen LogP contribution is -2.47. The van der Waals surface area contributed by atoms with E-state index in [1.807, 2.05) is 6.92 Å². The smallest absolute Gasteiger partial charge is 0.388 e. The predicted octanol–water partition coefficient (Wildman–Crippen LogP) is 3.21. The number of rotatable bonds is 10. The molecule has 9 nitrogen and oxygen atoms in total. The minimum absolute atomic E-state index is 0.0371. The van der Waals surface area contributed by atoms with E-state index in [-0.39, 0.29) is 41.8 Å². The molecule has 0 aromatic carbocycles. The van der Waals surface area contributed by atoms with E-state index in [9.17, 15) is 36.6 Å². The zero-order valence-electron chi connectivity index (χ0n) is 22.2. The fourth-order valence-electron chi connectivity index (χ4n) is 4.53. The van der Waals surface area contributed by atoms with Crippen molar-refractivity contribution in [1.29, 1.82) is 0 Å². The summed E-state index contributed by atoms with van der Waals surface area (Å²) < 4.78 is 73.0. The topological polar surface area (TPSA) is 116 Å². The number of aliphatic hydroxyl groups excluding tert-OH is 1. The minimum atomic E-state index is -4.63. The molecule has 3 rings (SSSR count). The molecular weight excluding hydrogens is 561 g/mol. The first-order chi connectivity index (χ1) is 18.7. The Morgan fingerprint density at radius 3 is 2.55 bits per heavy atom. The third-order valence-corrected chi connectivity index (χ3v) is 7.34. The van der Waals surface area contributed by atoms with Gasteiger partial charge in [-0.25, -0.2) is 13.8 Å². The minimum Gasteiger partial charge on any atom is -0.388 e. The average molecular weight is 594 g/mol. The summed E-state index contributed by atoms with van der Waals surface area (Å²) in [6.07, 6.45) is -6.79. The second-order valence-corrected chi connectivity index (χ2v) is 10.2. The molecule has 2 fully saturated rings. The molecule has 0 bridgehead atoms. The lowest BCUT2D eigenvalue weighted by Gasteiger charge is -2.27. The van der Waals surface area contributed by atoms with Gasteiger partial charge in [0, 0.05) is 29.9 Å². The number of aliphatic imine (C=N–C) groups is 1. The molecule has 0 radical (unpaired) electrons. The molecule has 15 heteroatoms. The number of hydrogen-bond donors (Lipinski definition) is 3. The Balaban J connectivity index is 1.97. The third kappa shape index (κ3) is 7.49. The van der Waals surface area contributed by atoms with Crippen LogP contribution in [0, 0.1) is 0 Å². The Hall–Kier alpha value is -2.78. The molecule has 40 heavy (non-hydrogen) atoms. The quantitative estimate of drug-likeness (QED) is 0.165. The van der Waals surface area contributed by atoms with Gasteiger partial charge in [-0.1, -0.05) is 19.1 Å². The highest BCUT2D eigenvalue weighted by atomic mass is 32.1. The van der Waals surface area contributed by atoms with E-state index >= 15 is 0 Å². The number of nitrogens with one attached hydrogen (secondary N) is 2. The van der Waals surface area contributed by atoms with Crippen LogP contribution in [0.5, 0.6) is 0 Å². The largest absolute Gasteiger partial charge is 0.408 e. The van der Waals surface area contributed by atoms with Crippen LogP contribution in [-0.2, 0) is 14.3 Å². The second kappa shape index (κ2) is 13.3. The van der Waals surface area contributed by atoms with Gasteiger partial charge in [0.1, 0.15) is 11.9 Å². The summed E-state index contributed by atoms with van der Waals surface area (Å²) in [5.41, 5.74) is -1.25. The number of nitrogens with zero attached hydrogens (tertiary/aromatic N) is 3. The number of alkyl halides is 5. The van der Waals surface area contributed by atoms with Gasteiger partial charge in [-0.15, -0.1) is 0 Å². The maximum atomic E-state index is 14.1. The second-order valence-electron chi connectivity index (χ2n) is 9.79. The molecule has 222 valence electrons. The number of pyridine rings is 1. The summed E-state index contributed by atoms with van der Waals surface area (Å²) in [4.78, 5) is 35.6. The van der Waals surface area contributed by atoms with Crippen molar-refractivity contribution >= 4 is 40.4 Å². The maximum absolute atomic E-state index is 14.1. The van der Waals surface area contributed by atoms with Gasteiger partial charge in [-0.3, -0.25) is 14.6 Å². The first-order valence-corrected chi connectivity index (χ1v) is 13.2. The molecule has 0 aliphatic carbocycles. The highest BCUT2D eigenvalue weighted by molar-refractivity contribution is 7.81. The number of carbonyl (C=O) groups excluding carboxylic acids is 2. The van der Waals surface area contributed by atoms with Gasteiger partial charge in [-0.2, -0.15) is 13.2 Å². The molecule has 2 saturated heterocycles. The molecule has 2 amide bonds. The fourth-order valence-corrected chi connectivity index (χ4v) is 4.85. The van der Waals surface area contributed by atoms with Gasteiger partial charge in [-0.05, 0) is 39.2 Å². The number of aromatic nitrogens is 1. The number of ether oxygens (including phenoxy) is 1. The van der Waals surface area contributed by atoms with Gasteiger partial charge >= 0.3 is 6.18 Å². The molecule has 3 N–H and O–H groups in total. The molecular formula is C25H32F5N5O4S. The van der Waals surface area contributed by atoms with Crippen LogP contribution in [0.15, 0.2) is 17.3 Å². The number of halogens is 5. The number of amides is 2. The Morgan fingerprint density at radius 1 is 1.32 bits per heavy atom. The molecule has 0 saturated carbocycles. The van der Waals surface area contributed by atoms with Crippen molar-refractivity contribution in [3.63, 3.8) is 0 Å². The van der Waals surface area contributed by atoms with Crippen molar-refractivity contribution in [2.75, 3.05) is 25.1 Å². The van der Waals surface area contributed by atoms with Crippen molar-refractivity contribution in [3.8, 4) is 0 Å². The summed E-state index contributed by atoms with van der Waals surface area (Å²) in [6, 6.07) is -3.67. The highest BCUT2D eigenvalue weighted by Crippen LogP contribution is 2.30. The van der Waals surface area contributed by atoms with Crippen LogP contribution in [0.2, 0.25) is 0 Å². The standard InChI is InChI=1S/C25H32F5N5O4S/c1-4-18(25(28,29)30)34-19-8-14(22(26)27)15(9-31-19)21(40)20(24(38)35-7-5-6-12(35)2)32-13(3)23(37)33-16-10-39-11-17(16)36/h8-9,12,16-18,20,22,36H,4-7,10-11H2,1-3H3,(H,31,34)(H,33,37)/b32-13+/t12-,16+,17+,18+,20?/m0/s1. The van der Waals surface area contributed by atoms with Crippen molar-refractivity contribution < 1.29 is 41.4 Å². The van der Waals surface area contributed by atoms with Crippen LogP contribution >= 0.6 is 12.2 Å². The van der Waals surface area contributed by atoms with Crippen LogP contribution < -0.4 is 10.6 Å². The zero-order chi connectivity index (χ0) is 29.8. The summed E-state index contributed by atoms with van der Waals surface area (Å²) in [5.74, 6) is -1.75. The lowest BCUT2D eigenvalue weighted by atomic mass is 10.0. The van der Waals surface area contributed by atoms with E-state index in [1.54, 1.807) is 0 Å². The van der Waals surface area contributed by atoms with Crippen molar-refractivity contribution in [1.82, 2.24) is 15.2 Å². The molecule has 0 spiro atoms. The first-order valence-electron chi connectivity index (χ1n) is 12.8. The van der Waals surface area contributed by atoms with Crippen LogP contribution in [0.3, 0.4) is 0 Å². The third-order valence-electron chi connectivity index (χ3n) is 6.90. The van der Waals surface area contributed by atoms with Crippen LogP contribution in [-0.4, -0.2) is 93.6 Å². The Bertz CT molecular complexity index is 1140. The summed E-state index contributed by atoms with van der Waals surface area (Å²) in [5, 5.41) is 14.6. The Morgan fingerprint density at radius 2 is 2.02 bits per heavy atom. The lowest BCUT2D eigenvalue weighted by molar-refractivity contribution is -0.143. The number of likely N-dealkylation sites (tertiary alicyclic amines) is 1. The number of thiocarbonyl (C=S) groups is 1. The molecule has 1 unspecified atom stereocenters. The number of hydrogen-bond acceptors (Lipinski definition) is 8. The van der Waals surface area contributed by atoms with Gasteiger partial charge in [0.15, 0.2) is 6.04 Å². The van der Waals surface area contributed by atoms with Gasteiger partial charge in [0.2, 0.25) is 0 Å². The van der Waals surface area contributed by atoms with E-state index in [0.29, 0.717) is 19.4 Å². The molecule has 1 aromatic rings. The number of aliphatic hydroxyl groups is 1. The molecule has 5 atom stereocenters. The summed E-state index contributed by atoms with van der Waals surface area (Å²) in [6.45, 7) is 4.90. The van der Waals surface area contributed by atoms with E-state index in [4.69, 9.17) is 17.0 Å². The highest BCUT2D eigenvalue weighted by Gasteiger charge is 2.39. The maximum Gasteiger partial charge on any atom is 0.408 e. The van der Waals surface area contributed by atoms with Crippen molar-refractivity contribution in [2.45, 2.75) is 82.9 Å². The normalized spacial score (nSPS) is 23.3. The van der Waals surface area contributed by atoms with Crippen molar-refractivity contribution in [3.05, 3.63) is 23.4 Å². The number of carbonyl (C=O) groups is 2. The monoisotopic (exact) mass is 593 g/mol. The van der Waals surface area contributed by atoms with E-state index < -0.39 is 60.0 Å². The summed E-state index contributed by atoms with van der Waals surface area (Å²) in [7, 11) is 0. The van der Waals surface area contributed by atoms with Crippen molar-refractivity contribution in [2.24, 2.45) is 4.99 Å². The average Bonchev–Trinajstić information content (AvgIpc) is 3.51. The van der Waals surface area contributed by atoms with Crippen LogP contribution in [0.1, 0.15) is 57.6 Å². The Labute approximate surface area is 233 Å². The summed E-state index contributed by atoms with van der Waals surface area (Å²) >= 11 is 5.46.